The van der Waals surface area contributed by atoms with E-state index in [1.807, 2.05) is 44.7 Å². The predicted octanol–water partition coefficient (Wildman–Crippen LogP) is 2.19. The van der Waals surface area contributed by atoms with Crippen molar-refractivity contribution in [1.29, 1.82) is 0 Å². The van der Waals surface area contributed by atoms with Crippen molar-refractivity contribution in [2.45, 2.75) is 47.2 Å². The highest BCUT2D eigenvalue weighted by Crippen LogP contribution is 2.19. The van der Waals surface area contributed by atoms with Crippen LogP contribution < -0.4 is 5.32 Å². The van der Waals surface area contributed by atoms with E-state index in [1.165, 1.54) is 5.56 Å². The van der Waals surface area contributed by atoms with E-state index in [9.17, 15) is 9.59 Å². The number of aryl methyl sites for hydroxylation is 1. The van der Waals surface area contributed by atoms with Crippen molar-refractivity contribution in [3.63, 3.8) is 0 Å². The summed E-state index contributed by atoms with van der Waals surface area (Å²) in [6.45, 7) is 13.2. The molecule has 1 N–H and O–H groups in total. The van der Waals surface area contributed by atoms with E-state index in [-0.39, 0.29) is 23.3 Å². The smallest absolute Gasteiger partial charge is 0.237 e. The third-order valence-electron chi connectivity index (χ3n) is 4.76. The topological polar surface area (TPSA) is 52.7 Å². The lowest BCUT2D eigenvalue weighted by Gasteiger charge is -2.39. The highest BCUT2D eigenvalue weighted by atomic mass is 16.2. The second-order valence-corrected chi connectivity index (χ2v) is 7.96. The molecule has 5 nitrogen and oxygen atoms in total. The normalized spacial score (nSPS) is 17.2. The van der Waals surface area contributed by atoms with Crippen molar-refractivity contribution >= 4 is 11.8 Å². The Kier molecular flexibility index (Phi) is 6.22. The van der Waals surface area contributed by atoms with Crippen LogP contribution in [0.2, 0.25) is 0 Å². The number of carbonyl (C=O) groups excluding carboxylic acids is 2. The van der Waals surface area contributed by atoms with Crippen LogP contribution in [0.15, 0.2) is 24.3 Å². The van der Waals surface area contributed by atoms with Gasteiger partial charge in [-0.25, -0.2) is 0 Å². The standard InChI is InChI=1S/C20H31N3O2/c1-15-6-8-17(9-7-15)14-21-18(24)16(2)22-10-12-23(13-11-22)19(25)20(3,4)5/h6-9,16H,10-14H2,1-5H3,(H,21,24). The van der Waals surface area contributed by atoms with Crippen molar-refractivity contribution in [1.82, 2.24) is 15.1 Å². The minimum atomic E-state index is -0.348. The molecule has 0 aromatic heterocycles. The van der Waals surface area contributed by atoms with Gasteiger partial charge in [0.1, 0.15) is 0 Å². The van der Waals surface area contributed by atoms with Gasteiger partial charge in [-0.3, -0.25) is 14.5 Å². The quantitative estimate of drug-likeness (QED) is 0.910. The van der Waals surface area contributed by atoms with Crippen LogP contribution in [0.5, 0.6) is 0 Å². The Labute approximate surface area is 151 Å². The molecule has 1 aliphatic rings. The van der Waals surface area contributed by atoms with Crippen molar-refractivity contribution in [3.8, 4) is 0 Å². The first-order valence-corrected chi connectivity index (χ1v) is 9.05. The molecule has 0 saturated carbocycles. The molecule has 0 bridgehead atoms. The minimum absolute atomic E-state index is 0.0381. The summed E-state index contributed by atoms with van der Waals surface area (Å²) in [6.07, 6.45) is 0. The molecule has 1 aliphatic heterocycles. The number of carbonyl (C=O) groups is 2. The number of hydrogen-bond donors (Lipinski definition) is 1. The van der Waals surface area contributed by atoms with E-state index in [0.29, 0.717) is 19.6 Å². The first-order chi connectivity index (χ1) is 11.7. The molecule has 5 heteroatoms. The zero-order valence-corrected chi connectivity index (χ0v) is 16.1. The second kappa shape index (κ2) is 8.00. The average Bonchev–Trinajstić information content (AvgIpc) is 2.59. The van der Waals surface area contributed by atoms with Crippen LogP contribution in [0.1, 0.15) is 38.8 Å². The van der Waals surface area contributed by atoms with Crippen LogP contribution in [0.25, 0.3) is 0 Å². The van der Waals surface area contributed by atoms with Crippen LogP contribution in [0.3, 0.4) is 0 Å². The van der Waals surface area contributed by atoms with E-state index in [2.05, 4.69) is 29.3 Å². The zero-order chi connectivity index (χ0) is 18.6. The molecule has 138 valence electrons. The fourth-order valence-corrected chi connectivity index (χ4v) is 3.00. The molecule has 1 unspecified atom stereocenters. The SMILES string of the molecule is Cc1ccc(CNC(=O)C(C)N2CCN(C(=O)C(C)(C)C)CC2)cc1. The lowest BCUT2D eigenvalue weighted by atomic mass is 9.94. The van der Waals surface area contributed by atoms with Gasteiger partial charge in [-0.15, -0.1) is 0 Å². The molecule has 2 amide bonds. The third-order valence-corrected chi connectivity index (χ3v) is 4.76. The number of amides is 2. The van der Waals surface area contributed by atoms with Gasteiger partial charge in [0.25, 0.3) is 0 Å². The van der Waals surface area contributed by atoms with Gasteiger partial charge < -0.3 is 10.2 Å². The lowest BCUT2D eigenvalue weighted by Crippen LogP contribution is -2.56. The fraction of sp³-hybridized carbons (Fsp3) is 0.600. The maximum absolute atomic E-state index is 12.4. The Morgan fingerprint density at radius 3 is 2.16 bits per heavy atom. The maximum atomic E-state index is 12.4. The largest absolute Gasteiger partial charge is 0.351 e. The Bertz CT molecular complexity index is 596. The second-order valence-electron chi connectivity index (χ2n) is 7.96. The Morgan fingerprint density at radius 2 is 1.64 bits per heavy atom. The summed E-state index contributed by atoms with van der Waals surface area (Å²) < 4.78 is 0. The van der Waals surface area contributed by atoms with Gasteiger partial charge in [0.15, 0.2) is 0 Å². The predicted molar refractivity (Wildman–Crippen MR) is 100 cm³/mol. The van der Waals surface area contributed by atoms with E-state index in [1.54, 1.807) is 0 Å². The molecule has 0 spiro atoms. The summed E-state index contributed by atoms with van der Waals surface area (Å²) in [5.41, 5.74) is 1.97. The van der Waals surface area contributed by atoms with E-state index in [0.717, 1.165) is 18.7 Å². The number of nitrogens with zero attached hydrogens (tertiary/aromatic N) is 2. The summed E-state index contributed by atoms with van der Waals surface area (Å²) in [4.78, 5) is 28.8. The molecule has 1 aromatic carbocycles. The zero-order valence-electron chi connectivity index (χ0n) is 16.1. The van der Waals surface area contributed by atoms with Crippen molar-refractivity contribution in [3.05, 3.63) is 35.4 Å². The molecule has 0 radical (unpaired) electrons. The fourth-order valence-electron chi connectivity index (χ4n) is 3.00. The van der Waals surface area contributed by atoms with Crippen molar-refractivity contribution in [2.75, 3.05) is 26.2 Å². The lowest BCUT2D eigenvalue weighted by molar-refractivity contribution is -0.142. The van der Waals surface area contributed by atoms with Gasteiger partial charge in [-0.1, -0.05) is 50.6 Å². The molecule has 1 atom stereocenters. The van der Waals surface area contributed by atoms with Crippen molar-refractivity contribution in [2.24, 2.45) is 5.41 Å². The highest BCUT2D eigenvalue weighted by Gasteiger charge is 2.32. The van der Waals surface area contributed by atoms with E-state index in [4.69, 9.17) is 0 Å². The monoisotopic (exact) mass is 345 g/mol. The number of hydrogen-bond acceptors (Lipinski definition) is 3. The van der Waals surface area contributed by atoms with E-state index >= 15 is 0 Å². The van der Waals surface area contributed by atoms with Crippen LogP contribution in [-0.4, -0.2) is 53.8 Å². The van der Waals surface area contributed by atoms with Gasteiger partial charge in [0, 0.05) is 38.1 Å². The Hall–Kier alpha value is -1.88. The van der Waals surface area contributed by atoms with Gasteiger partial charge in [0.2, 0.25) is 11.8 Å². The maximum Gasteiger partial charge on any atom is 0.237 e. The molecule has 1 saturated heterocycles. The molecular formula is C20H31N3O2. The van der Waals surface area contributed by atoms with Crippen LogP contribution in [-0.2, 0) is 16.1 Å². The van der Waals surface area contributed by atoms with Gasteiger partial charge in [-0.05, 0) is 19.4 Å². The molecule has 25 heavy (non-hydrogen) atoms. The summed E-state index contributed by atoms with van der Waals surface area (Å²) in [5, 5.41) is 3.01. The molecule has 1 heterocycles. The number of rotatable bonds is 4. The number of nitrogens with one attached hydrogen (secondary N) is 1. The Balaban J connectivity index is 1.81. The average molecular weight is 345 g/mol. The third kappa shape index (κ3) is 5.30. The summed E-state index contributed by atoms with van der Waals surface area (Å²) in [6, 6.07) is 8.00. The van der Waals surface area contributed by atoms with Gasteiger partial charge in [0.05, 0.1) is 6.04 Å². The Morgan fingerprint density at radius 1 is 1.08 bits per heavy atom. The minimum Gasteiger partial charge on any atom is -0.351 e. The highest BCUT2D eigenvalue weighted by molar-refractivity contribution is 5.82. The molecule has 1 fully saturated rings. The van der Waals surface area contributed by atoms with Gasteiger partial charge in [-0.2, -0.15) is 0 Å². The molecule has 0 aliphatic carbocycles. The van der Waals surface area contributed by atoms with E-state index < -0.39 is 0 Å². The van der Waals surface area contributed by atoms with Crippen LogP contribution in [0.4, 0.5) is 0 Å². The first-order valence-electron chi connectivity index (χ1n) is 9.05. The summed E-state index contributed by atoms with van der Waals surface area (Å²) in [5.74, 6) is 0.222. The van der Waals surface area contributed by atoms with Crippen LogP contribution in [0, 0.1) is 12.3 Å². The number of piperazine rings is 1. The molecular weight excluding hydrogens is 314 g/mol. The summed E-state index contributed by atoms with van der Waals surface area (Å²) >= 11 is 0. The molecule has 1 aromatic rings. The summed E-state index contributed by atoms with van der Waals surface area (Å²) in [7, 11) is 0. The number of benzene rings is 1. The first kappa shape index (κ1) is 19.4. The molecule has 2 rings (SSSR count). The van der Waals surface area contributed by atoms with Crippen LogP contribution >= 0.6 is 0 Å². The van der Waals surface area contributed by atoms with Crippen molar-refractivity contribution < 1.29 is 9.59 Å². The van der Waals surface area contributed by atoms with Gasteiger partial charge >= 0.3 is 0 Å².